The van der Waals surface area contributed by atoms with Crippen molar-refractivity contribution in [2.24, 2.45) is 4.99 Å². The van der Waals surface area contributed by atoms with Crippen LogP contribution in [0.15, 0.2) is 52.4 Å². The van der Waals surface area contributed by atoms with E-state index in [1.54, 1.807) is 0 Å². The maximum Gasteiger partial charge on any atom is 0.264 e. The predicted octanol–water partition coefficient (Wildman–Crippen LogP) is 5.61. The number of amides is 1. The van der Waals surface area contributed by atoms with Crippen molar-refractivity contribution in [1.82, 2.24) is 5.32 Å². The topological polar surface area (TPSA) is 44.7 Å². The van der Waals surface area contributed by atoms with Gasteiger partial charge in [0.25, 0.3) is 5.91 Å². The molecule has 4 nitrogen and oxygen atoms in total. The van der Waals surface area contributed by atoms with Gasteiger partial charge in [0, 0.05) is 18.3 Å². The maximum atomic E-state index is 12.4. The van der Waals surface area contributed by atoms with Gasteiger partial charge in [-0.05, 0) is 91.9 Å². The highest BCUT2D eigenvalue weighted by atomic mass is 32.2. The van der Waals surface area contributed by atoms with Crippen LogP contribution < -0.4 is 10.2 Å². The molecule has 5 heteroatoms. The Morgan fingerprint density at radius 1 is 1.24 bits per heavy atom. The molecule has 2 aromatic carbocycles. The minimum atomic E-state index is -0.0922. The van der Waals surface area contributed by atoms with Crippen LogP contribution in [0.4, 0.5) is 11.4 Å². The quantitative estimate of drug-likeness (QED) is 0.661. The Labute approximate surface area is 177 Å². The SMILES string of the molecule is Cc1cccc(N=C2NC(=O)/C(=C\c3ccc4c(c3)C(C)CC(C)(C)N4C)S2)c1. The van der Waals surface area contributed by atoms with Crippen LogP contribution in [-0.4, -0.2) is 23.7 Å². The van der Waals surface area contributed by atoms with Gasteiger partial charge < -0.3 is 10.2 Å². The average molecular weight is 406 g/mol. The van der Waals surface area contributed by atoms with Crippen molar-refractivity contribution in [2.45, 2.75) is 45.6 Å². The first-order valence-electron chi connectivity index (χ1n) is 9.97. The lowest BCUT2D eigenvalue weighted by molar-refractivity contribution is -0.115. The summed E-state index contributed by atoms with van der Waals surface area (Å²) in [5.74, 6) is 0.392. The summed E-state index contributed by atoms with van der Waals surface area (Å²) in [5.41, 5.74) is 5.82. The molecule has 0 saturated carbocycles. The van der Waals surface area contributed by atoms with Gasteiger partial charge in [0.05, 0.1) is 10.6 Å². The second kappa shape index (κ2) is 7.38. The molecule has 2 aromatic rings. The number of hydrogen-bond acceptors (Lipinski definition) is 4. The fraction of sp³-hybridized carbons (Fsp3) is 0.333. The van der Waals surface area contributed by atoms with E-state index in [-0.39, 0.29) is 11.4 Å². The number of rotatable bonds is 2. The number of hydrogen-bond donors (Lipinski definition) is 1. The smallest absolute Gasteiger partial charge is 0.264 e. The van der Waals surface area contributed by atoms with Crippen LogP contribution >= 0.6 is 11.8 Å². The third-order valence-electron chi connectivity index (χ3n) is 5.84. The Morgan fingerprint density at radius 2 is 2.03 bits per heavy atom. The highest BCUT2D eigenvalue weighted by Gasteiger charge is 2.34. The van der Waals surface area contributed by atoms with Crippen molar-refractivity contribution in [3.05, 3.63) is 64.1 Å². The second-order valence-electron chi connectivity index (χ2n) is 8.62. The van der Waals surface area contributed by atoms with Crippen LogP contribution in [0, 0.1) is 6.92 Å². The maximum absolute atomic E-state index is 12.4. The zero-order valence-corrected chi connectivity index (χ0v) is 18.4. The van der Waals surface area contributed by atoms with E-state index >= 15 is 0 Å². The minimum absolute atomic E-state index is 0.0922. The normalized spacial score (nSPS) is 23.4. The molecule has 1 amide bonds. The van der Waals surface area contributed by atoms with Crippen molar-refractivity contribution in [1.29, 1.82) is 0 Å². The van der Waals surface area contributed by atoms with Crippen molar-refractivity contribution in [3.63, 3.8) is 0 Å². The average Bonchev–Trinajstić information content (AvgIpc) is 2.98. The van der Waals surface area contributed by atoms with E-state index < -0.39 is 0 Å². The first kappa shape index (κ1) is 19.8. The Morgan fingerprint density at radius 3 is 2.79 bits per heavy atom. The Bertz CT molecular complexity index is 1040. The number of nitrogens with one attached hydrogen (secondary N) is 1. The predicted molar refractivity (Wildman–Crippen MR) is 124 cm³/mol. The highest BCUT2D eigenvalue weighted by molar-refractivity contribution is 8.18. The van der Waals surface area contributed by atoms with Crippen LogP contribution in [0.1, 0.15) is 49.8 Å². The van der Waals surface area contributed by atoms with Crippen molar-refractivity contribution in [3.8, 4) is 0 Å². The molecule has 1 unspecified atom stereocenters. The lowest BCUT2D eigenvalue weighted by Crippen LogP contribution is -2.45. The van der Waals surface area contributed by atoms with E-state index in [9.17, 15) is 4.79 Å². The minimum Gasteiger partial charge on any atom is -0.369 e. The summed E-state index contributed by atoms with van der Waals surface area (Å²) in [6.45, 7) is 8.90. The van der Waals surface area contributed by atoms with Crippen molar-refractivity contribution in [2.75, 3.05) is 11.9 Å². The number of fused-ring (bicyclic) bond motifs is 1. The molecule has 2 aliphatic rings. The van der Waals surface area contributed by atoms with E-state index in [0.717, 1.165) is 23.2 Å². The summed E-state index contributed by atoms with van der Waals surface area (Å²) in [6, 6.07) is 14.5. The van der Waals surface area contributed by atoms with E-state index in [4.69, 9.17) is 0 Å². The zero-order valence-electron chi connectivity index (χ0n) is 17.6. The summed E-state index contributed by atoms with van der Waals surface area (Å²) < 4.78 is 0. The van der Waals surface area contributed by atoms with Gasteiger partial charge in [0.2, 0.25) is 0 Å². The summed E-state index contributed by atoms with van der Waals surface area (Å²) in [4.78, 5) is 20.1. The first-order valence-corrected chi connectivity index (χ1v) is 10.8. The van der Waals surface area contributed by atoms with Gasteiger partial charge in [-0.25, -0.2) is 4.99 Å². The molecule has 0 radical (unpaired) electrons. The van der Waals surface area contributed by atoms with Gasteiger partial charge in [0.15, 0.2) is 5.17 Å². The molecule has 4 rings (SSSR count). The number of amidine groups is 1. The van der Waals surface area contributed by atoms with Crippen LogP contribution in [-0.2, 0) is 4.79 Å². The molecule has 1 fully saturated rings. The molecule has 2 heterocycles. The standard InChI is InChI=1S/C24H27N3OS/c1-15-7-6-8-18(11-15)25-23-26-22(28)21(29-23)13-17-9-10-20-19(12-17)16(2)14-24(3,4)27(20)5/h6-13,16H,14H2,1-5H3,(H,25,26,28)/b21-13+. The van der Waals surface area contributed by atoms with E-state index in [1.165, 1.54) is 23.0 Å². The van der Waals surface area contributed by atoms with Crippen LogP contribution in [0.2, 0.25) is 0 Å². The van der Waals surface area contributed by atoms with Gasteiger partial charge in [-0.2, -0.15) is 0 Å². The highest BCUT2D eigenvalue weighted by Crippen LogP contribution is 2.43. The molecular weight excluding hydrogens is 378 g/mol. The number of carbonyl (C=O) groups is 1. The Hall–Kier alpha value is -2.53. The molecular formula is C24H27N3OS. The lowest BCUT2D eigenvalue weighted by Gasteiger charge is -2.45. The molecule has 0 spiro atoms. The fourth-order valence-electron chi connectivity index (χ4n) is 4.13. The lowest BCUT2D eigenvalue weighted by atomic mass is 9.80. The van der Waals surface area contributed by atoms with Crippen LogP contribution in [0.5, 0.6) is 0 Å². The second-order valence-corrected chi connectivity index (χ2v) is 9.65. The number of aliphatic imine (C=N–C) groups is 1. The summed E-state index contributed by atoms with van der Waals surface area (Å²) in [7, 11) is 2.16. The summed E-state index contributed by atoms with van der Waals surface area (Å²) in [6.07, 6.45) is 3.07. The number of nitrogens with zero attached hydrogens (tertiary/aromatic N) is 2. The Balaban J connectivity index is 1.60. The van der Waals surface area contributed by atoms with E-state index in [2.05, 4.69) is 61.2 Å². The molecule has 150 valence electrons. The summed E-state index contributed by atoms with van der Waals surface area (Å²) >= 11 is 1.39. The molecule has 0 aromatic heterocycles. The van der Waals surface area contributed by atoms with Crippen molar-refractivity contribution >= 4 is 40.3 Å². The number of aryl methyl sites for hydroxylation is 1. The third kappa shape index (κ3) is 3.97. The third-order valence-corrected chi connectivity index (χ3v) is 6.75. The van der Waals surface area contributed by atoms with Crippen molar-refractivity contribution < 1.29 is 4.79 Å². The van der Waals surface area contributed by atoms with Crippen LogP contribution in [0.25, 0.3) is 6.08 Å². The Kier molecular flexibility index (Phi) is 5.03. The monoisotopic (exact) mass is 405 g/mol. The zero-order chi connectivity index (χ0) is 20.8. The van der Waals surface area contributed by atoms with Crippen LogP contribution in [0.3, 0.4) is 0 Å². The van der Waals surface area contributed by atoms with Gasteiger partial charge >= 0.3 is 0 Å². The molecule has 1 atom stereocenters. The molecule has 1 N–H and O–H groups in total. The largest absolute Gasteiger partial charge is 0.369 e. The molecule has 0 bridgehead atoms. The van der Waals surface area contributed by atoms with Gasteiger partial charge in [-0.1, -0.05) is 25.1 Å². The molecule has 2 aliphatic heterocycles. The summed E-state index contributed by atoms with van der Waals surface area (Å²) in [5, 5.41) is 3.50. The number of anilines is 1. The molecule has 0 aliphatic carbocycles. The number of thioether (sulfide) groups is 1. The first-order chi connectivity index (χ1) is 13.7. The van der Waals surface area contributed by atoms with Gasteiger partial charge in [-0.15, -0.1) is 0 Å². The fourth-order valence-corrected chi connectivity index (χ4v) is 4.97. The number of benzene rings is 2. The molecule has 29 heavy (non-hydrogen) atoms. The van der Waals surface area contributed by atoms with E-state index in [0.29, 0.717) is 16.0 Å². The molecule has 1 saturated heterocycles. The number of carbonyl (C=O) groups excluding carboxylic acids is 1. The van der Waals surface area contributed by atoms with E-state index in [1.807, 2.05) is 37.3 Å². The van der Waals surface area contributed by atoms with Gasteiger partial charge in [0.1, 0.15) is 0 Å². The van der Waals surface area contributed by atoms with Gasteiger partial charge in [-0.3, -0.25) is 4.79 Å².